The van der Waals surface area contributed by atoms with E-state index in [1.807, 2.05) is 6.07 Å². The second-order valence-corrected chi connectivity index (χ2v) is 5.50. The minimum absolute atomic E-state index is 0.0599. The largest absolute Gasteiger partial charge is 0.376 e. The fourth-order valence-corrected chi connectivity index (χ4v) is 2.83. The number of nitrogens with one attached hydrogen (secondary N) is 1. The van der Waals surface area contributed by atoms with Crippen molar-refractivity contribution < 1.29 is 4.74 Å². The molecule has 4 rings (SSSR count). The normalized spacial score (nSPS) is 17.8. The number of hydrogen-bond acceptors (Lipinski definition) is 3. The van der Waals surface area contributed by atoms with Gasteiger partial charge in [-0.25, -0.2) is 4.98 Å². The lowest BCUT2D eigenvalue weighted by molar-refractivity contribution is 0.108. The highest BCUT2D eigenvalue weighted by Gasteiger charge is 2.27. The summed E-state index contributed by atoms with van der Waals surface area (Å²) in [6, 6.07) is 8.26. The van der Waals surface area contributed by atoms with Gasteiger partial charge in [0, 0.05) is 12.0 Å². The summed E-state index contributed by atoms with van der Waals surface area (Å²) in [5.74, 6) is 1.34. The maximum Gasteiger partial charge on any atom is 0.256 e. The van der Waals surface area contributed by atoms with Crippen LogP contribution in [0.15, 0.2) is 29.1 Å². The van der Waals surface area contributed by atoms with Crippen molar-refractivity contribution in [2.45, 2.75) is 31.8 Å². The number of nitrogens with zero attached hydrogens (tertiary/aromatic N) is 1. The zero-order valence-corrected chi connectivity index (χ0v) is 11.2. The summed E-state index contributed by atoms with van der Waals surface area (Å²) in [6.07, 6.45) is 3.19. The lowest BCUT2D eigenvalue weighted by Gasteiger charge is -2.16. The molecule has 0 unspecified atom stereocenters. The molecular formula is C16H16N2O2. The van der Waals surface area contributed by atoms with E-state index < -0.39 is 0 Å². The second kappa shape index (κ2) is 4.56. The third-order valence-corrected chi connectivity index (χ3v) is 4.06. The monoisotopic (exact) mass is 268 g/mol. The zero-order chi connectivity index (χ0) is 13.5. The molecule has 2 aromatic rings. The van der Waals surface area contributed by atoms with Crippen LogP contribution >= 0.6 is 0 Å². The van der Waals surface area contributed by atoms with Gasteiger partial charge in [0.25, 0.3) is 5.56 Å². The summed E-state index contributed by atoms with van der Waals surface area (Å²) in [6.45, 7) is 1.02. The first-order valence-corrected chi connectivity index (χ1v) is 7.12. The number of aromatic nitrogens is 2. The van der Waals surface area contributed by atoms with Crippen LogP contribution in [0, 0.1) is 0 Å². The SMILES string of the molecule is O=c1[nH]c(-c2ccccc2C2CC2)nc2c1COCC2. The van der Waals surface area contributed by atoms with Gasteiger partial charge in [0.15, 0.2) is 0 Å². The van der Waals surface area contributed by atoms with Gasteiger partial charge < -0.3 is 9.72 Å². The number of H-pyrrole nitrogens is 1. The van der Waals surface area contributed by atoms with Gasteiger partial charge in [-0.1, -0.05) is 24.3 Å². The summed E-state index contributed by atoms with van der Waals surface area (Å²) in [5.41, 5.74) is 3.89. The summed E-state index contributed by atoms with van der Waals surface area (Å²) in [7, 11) is 0. The molecule has 1 fully saturated rings. The van der Waals surface area contributed by atoms with Crippen LogP contribution in [0.2, 0.25) is 0 Å². The molecule has 102 valence electrons. The molecule has 20 heavy (non-hydrogen) atoms. The molecule has 2 heterocycles. The first-order chi connectivity index (χ1) is 9.83. The maximum atomic E-state index is 12.2. The number of hydrogen-bond donors (Lipinski definition) is 1. The van der Waals surface area contributed by atoms with Gasteiger partial charge in [0.2, 0.25) is 0 Å². The minimum atomic E-state index is -0.0599. The molecule has 0 amide bonds. The lowest BCUT2D eigenvalue weighted by Crippen LogP contribution is -2.24. The topological polar surface area (TPSA) is 55.0 Å². The average Bonchev–Trinajstić information content (AvgIpc) is 3.32. The number of benzene rings is 1. The highest BCUT2D eigenvalue weighted by atomic mass is 16.5. The van der Waals surface area contributed by atoms with Crippen LogP contribution < -0.4 is 5.56 Å². The third kappa shape index (κ3) is 1.96. The Morgan fingerprint density at radius 2 is 2.10 bits per heavy atom. The molecule has 0 spiro atoms. The van der Waals surface area contributed by atoms with E-state index in [9.17, 15) is 4.79 Å². The van der Waals surface area contributed by atoms with Crippen molar-refractivity contribution in [1.29, 1.82) is 0 Å². The Bertz CT molecular complexity index is 717. The lowest BCUT2D eigenvalue weighted by atomic mass is 10.0. The van der Waals surface area contributed by atoms with Gasteiger partial charge in [-0.05, 0) is 24.3 Å². The van der Waals surface area contributed by atoms with E-state index in [4.69, 9.17) is 4.74 Å². The Kier molecular flexibility index (Phi) is 2.70. The second-order valence-electron chi connectivity index (χ2n) is 5.50. The predicted molar refractivity (Wildman–Crippen MR) is 75.6 cm³/mol. The Labute approximate surface area is 116 Å². The van der Waals surface area contributed by atoms with Crippen LogP contribution in [-0.2, 0) is 17.8 Å². The van der Waals surface area contributed by atoms with Crippen LogP contribution in [0.25, 0.3) is 11.4 Å². The molecule has 0 saturated heterocycles. The van der Waals surface area contributed by atoms with E-state index in [1.54, 1.807) is 0 Å². The summed E-state index contributed by atoms with van der Waals surface area (Å²) < 4.78 is 5.33. The van der Waals surface area contributed by atoms with Gasteiger partial charge in [-0.3, -0.25) is 4.79 Å². The fourth-order valence-electron chi connectivity index (χ4n) is 2.83. The van der Waals surface area contributed by atoms with Crippen LogP contribution in [0.5, 0.6) is 0 Å². The fraction of sp³-hybridized carbons (Fsp3) is 0.375. The van der Waals surface area contributed by atoms with Gasteiger partial charge in [0.1, 0.15) is 5.82 Å². The molecule has 1 aromatic carbocycles. The molecule has 2 aliphatic rings. The maximum absolute atomic E-state index is 12.2. The van der Waals surface area contributed by atoms with E-state index >= 15 is 0 Å². The highest BCUT2D eigenvalue weighted by molar-refractivity contribution is 5.62. The van der Waals surface area contributed by atoms with Gasteiger partial charge >= 0.3 is 0 Å². The Balaban J connectivity index is 1.87. The first kappa shape index (κ1) is 11.9. The summed E-state index contributed by atoms with van der Waals surface area (Å²) in [5, 5.41) is 0. The summed E-state index contributed by atoms with van der Waals surface area (Å²) >= 11 is 0. The molecule has 1 N–H and O–H groups in total. The molecule has 1 aliphatic heterocycles. The van der Waals surface area contributed by atoms with Crippen molar-refractivity contribution >= 4 is 0 Å². The van der Waals surface area contributed by atoms with Crippen molar-refractivity contribution in [2.24, 2.45) is 0 Å². The predicted octanol–water partition coefficient (Wildman–Crippen LogP) is 2.39. The molecule has 4 nitrogen and oxygen atoms in total. The van der Waals surface area contributed by atoms with Crippen molar-refractivity contribution in [3.63, 3.8) is 0 Å². The molecular weight excluding hydrogens is 252 g/mol. The van der Waals surface area contributed by atoms with Gasteiger partial charge in [-0.2, -0.15) is 0 Å². The molecule has 0 bridgehead atoms. The molecule has 1 saturated carbocycles. The van der Waals surface area contributed by atoms with E-state index in [-0.39, 0.29) is 5.56 Å². The Morgan fingerprint density at radius 3 is 2.95 bits per heavy atom. The Morgan fingerprint density at radius 1 is 1.25 bits per heavy atom. The van der Waals surface area contributed by atoms with E-state index in [0.717, 1.165) is 17.7 Å². The van der Waals surface area contributed by atoms with E-state index in [0.29, 0.717) is 30.5 Å². The van der Waals surface area contributed by atoms with E-state index in [2.05, 4.69) is 28.2 Å². The van der Waals surface area contributed by atoms with Crippen LogP contribution in [-0.4, -0.2) is 16.6 Å². The molecule has 1 aliphatic carbocycles. The summed E-state index contributed by atoms with van der Waals surface area (Å²) in [4.78, 5) is 19.8. The minimum Gasteiger partial charge on any atom is -0.376 e. The molecule has 1 aromatic heterocycles. The smallest absolute Gasteiger partial charge is 0.256 e. The van der Waals surface area contributed by atoms with E-state index in [1.165, 1.54) is 18.4 Å². The van der Waals surface area contributed by atoms with Crippen LogP contribution in [0.1, 0.15) is 35.6 Å². The van der Waals surface area contributed by atoms with Gasteiger partial charge in [-0.15, -0.1) is 0 Å². The van der Waals surface area contributed by atoms with Crippen LogP contribution in [0.3, 0.4) is 0 Å². The average molecular weight is 268 g/mol. The number of rotatable bonds is 2. The third-order valence-electron chi connectivity index (χ3n) is 4.06. The zero-order valence-electron chi connectivity index (χ0n) is 11.2. The first-order valence-electron chi connectivity index (χ1n) is 7.12. The van der Waals surface area contributed by atoms with Crippen molar-refractivity contribution in [3.8, 4) is 11.4 Å². The number of fused-ring (bicyclic) bond motifs is 1. The Hall–Kier alpha value is -1.94. The highest BCUT2D eigenvalue weighted by Crippen LogP contribution is 2.43. The quantitative estimate of drug-likeness (QED) is 0.909. The van der Waals surface area contributed by atoms with Crippen molar-refractivity contribution in [2.75, 3.05) is 6.61 Å². The van der Waals surface area contributed by atoms with Gasteiger partial charge in [0.05, 0.1) is 24.5 Å². The number of aromatic amines is 1. The van der Waals surface area contributed by atoms with Crippen molar-refractivity contribution in [1.82, 2.24) is 9.97 Å². The number of ether oxygens (including phenoxy) is 1. The standard InChI is InChI=1S/C16H16N2O2/c19-16-13-9-20-8-7-14(13)17-15(18-16)12-4-2-1-3-11(12)10-5-6-10/h1-4,10H,5-9H2,(H,17,18,19). The molecule has 0 atom stereocenters. The van der Waals surface area contributed by atoms with Crippen molar-refractivity contribution in [3.05, 3.63) is 51.4 Å². The van der Waals surface area contributed by atoms with Crippen LogP contribution in [0.4, 0.5) is 0 Å². The molecule has 0 radical (unpaired) electrons. The molecule has 4 heteroatoms.